The van der Waals surface area contributed by atoms with Crippen LogP contribution in [0, 0.1) is 0 Å². The average molecular weight is 421 g/mol. The van der Waals surface area contributed by atoms with E-state index in [0.717, 1.165) is 0 Å². The molecule has 2 atom stereocenters. The van der Waals surface area contributed by atoms with Gasteiger partial charge in [0.25, 0.3) is 5.91 Å². The fourth-order valence-electron chi connectivity index (χ4n) is 3.49. The Morgan fingerprint density at radius 1 is 1.00 bits per heavy atom. The molecule has 0 aliphatic carbocycles. The molecule has 0 N–H and O–H groups in total. The number of carbonyl (C=O) groups is 2. The monoisotopic (exact) mass is 421 g/mol. The molecule has 8 nitrogen and oxygen atoms in total. The second kappa shape index (κ2) is 9.53. The van der Waals surface area contributed by atoms with Gasteiger partial charge in [-0.05, 0) is 39.8 Å². The van der Waals surface area contributed by atoms with Gasteiger partial charge in [0.2, 0.25) is 0 Å². The molecule has 2 saturated heterocycles. The highest BCUT2D eigenvalue weighted by Gasteiger charge is 2.35. The van der Waals surface area contributed by atoms with Gasteiger partial charge in [-0.25, -0.2) is 0 Å². The lowest BCUT2D eigenvalue weighted by Gasteiger charge is -2.25. The minimum Gasteiger partial charge on any atom is -0.371 e. The number of nitrogens with zero attached hydrogens (tertiary/aromatic N) is 1. The predicted octanol–water partition coefficient (Wildman–Crippen LogP) is 2.02. The summed E-state index contributed by atoms with van der Waals surface area (Å²) in [7, 11) is 0. The van der Waals surface area contributed by atoms with Gasteiger partial charge in [0.15, 0.2) is 17.4 Å². The lowest BCUT2D eigenvalue weighted by molar-refractivity contribution is -0.146. The summed E-state index contributed by atoms with van der Waals surface area (Å²) in [5, 5.41) is 0. The van der Waals surface area contributed by atoms with E-state index in [2.05, 4.69) is 0 Å². The van der Waals surface area contributed by atoms with Crippen molar-refractivity contribution in [3.63, 3.8) is 0 Å². The normalized spacial score (nSPS) is 24.7. The molecule has 3 rings (SSSR count). The van der Waals surface area contributed by atoms with Crippen molar-refractivity contribution in [3.8, 4) is 0 Å². The number of Topliss-reactive ketones (excluding diaryl/α,β-unsaturated/α-hetero) is 1. The third kappa shape index (κ3) is 6.58. The van der Waals surface area contributed by atoms with Crippen molar-refractivity contribution in [3.05, 3.63) is 35.9 Å². The molecule has 30 heavy (non-hydrogen) atoms. The highest BCUT2D eigenvalue weighted by Crippen LogP contribution is 2.24. The molecule has 0 spiro atoms. The van der Waals surface area contributed by atoms with E-state index in [4.69, 9.17) is 23.7 Å². The number of hydrogen-bond donors (Lipinski definition) is 0. The molecule has 1 amide bonds. The lowest BCUT2D eigenvalue weighted by atomic mass is 10.2. The quantitative estimate of drug-likeness (QED) is 0.603. The van der Waals surface area contributed by atoms with E-state index in [1.165, 1.54) is 4.90 Å². The molecule has 2 fully saturated rings. The maximum Gasteiger partial charge on any atom is 0.254 e. The molecule has 166 valence electrons. The zero-order chi connectivity index (χ0) is 21.8. The molecule has 2 aliphatic rings. The van der Waals surface area contributed by atoms with Crippen molar-refractivity contribution in [1.82, 2.24) is 4.90 Å². The van der Waals surface area contributed by atoms with Gasteiger partial charge in [0.05, 0.1) is 32.9 Å². The Bertz CT molecular complexity index is 734. The number of hydrogen-bond acceptors (Lipinski definition) is 7. The number of carbonyl (C=O) groups excluding carboxylic acids is 2. The van der Waals surface area contributed by atoms with Gasteiger partial charge in [0, 0.05) is 5.56 Å². The first-order chi connectivity index (χ1) is 14.1. The van der Waals surface area contributed by atoms with E-state index in [9.17, 15) is 9.59 Å². The highest BCUT2D eigenvalue weighted by atomic mass is 16.8. The van der Waals surface area contributed by atoms with Crippen LogP contribution >= 0.6 is 0 Å². The zero-order valence-electron chi connectivity index (χ0n) is 18.1. The minimum absolute atomic E-state index is 0.0679. The first kappa shape index (κ1) is 22.8. The molecule has 0 aromatic heterocycles. The minimum atomic E-state index is -0.698. The summed E-state index contributed by atoms with van der Waals surface area (Å²) in [5.41, 5.74) is 0.517. The third-order valence-electron chi connectivity index (χ3n) is 4.80. The van der Waals surface area contributed by atoms with E-state index in [-0.39, 0.29) is 50.2 Å². The predicted molar refractivity (Wildman–Crippen MR) is 108 cm³/mol. The fourth-order valence-corrected chi connectivity index (χ4v) is 3.49. The molecule has 0 saturated carbocycles. The Labute approximate surface area is 177 Å². The summed E-state index contributed by atoms with van der Waals surface area (Å²) in [6.07, 6.45) is -0.506. The van der Waals surface area contributed by atoms with Crippen LogP contribution in [0.15, 0.2) is 30.3 Å². The summed E-state index contributed by atoms with van der Waals surface area (Å²) in [6.45, 7) is 8.46. The average Bonchev–Trinajstić information content (AvgIpc) is 3.21. The summed E-state index contributed by atoms with van der Waals surface area (Å²) in [4.78, 5) is 27.0. The van der Waals surface area contributed by atoms with Crippen molar-refractivity contribution >= 4 is 11.7 Å². The second-order valence-electron chi connectivity index (χ2n) is 8.51. The van der Waals surface area contributed by atoms with Crippen LogP contribution in [0.3, 0.4) is 0 Å². The van der Waals surface area contributed by atoms with Crippen LogP contribution in [-0.2, 0) is 28.5 Å². The molecule has 0 radical (unpaired) electrons. The van der Waals surface area contributed by atoms with Gasteiger partial charge in [-0.2, -0.15) is 0 Å². The smallest absolute Gasteiger partial charge is 0.254 e. The Balaban J connectivity index is 1.54. The molecule has 1 aromatic carbocycles. The van der Waals surface area contributed by atoms with Gasteiger partial charge in [-0.15, -0.1) is 0 Å². The Morgan fingerprint density at radius 3 is 2.17 bits per heavy atom. The number of ether oxygens (including phenoxy) is 5. The number of benzene rings is 1. The van der Waals surface area contributed by atoms with Crippen molar-refractivity contribution in [2.75, 3.05) is 39.5 Å². The maximum atomic E-state index is 13.0. The molecule has 0 bridgehead atoms. The number of amides is 1. The first-order valence-electron chi connectivity index (χ1n) is 10.2. The Morgan fingerprint density at radius 2 is 1.60 bits per heavy atom. The summed E-state index contributed by atoms with van der Waals surface area (Å²) in [5.74, 6) is -1.76. The molecule has 2 aliphatic heterocycles. The number of rotatable bonds is 9. The van der Waals surface area contributed by atoms with Crippen LogP contribution in [0.25, 0.3) is 0 Å². The van der Waals surface area contributed by atoms with Crippen molar-refractivity contribution in [1.29, 1.82) is 0 Å². The van der Waals surface area contributed by atoms with E-state index >= 15 is 0 Å². The van der Waals surface area contributed by atoms with Gasteiger partial charge >= 0.3 is 0 Å². The van der Waals surface area contributed by atoms with Crippen molar-refractivity contribution in [2.24, 2.45) is 0 Å². The van der Waals surface area contributed by atoms with Crippen molar-refractivity contribution in [2.45, 2.75) is 51.5 Å². The van der Waals surface area contributed by atoms with Gasteiger partial charge in [-0.3, -0.25) is 9.59 Å². The van der Waals surface area contributed by atoms with Gasteiger partial charge in [0.1, 0.15) is 18.8 Å². The summed E-state index contributed by atoms with van der Waals surface area (Å²) in [6, 6.07) is 8.88. The molecule has 8 heteroatoms. The molecular formula is C22H31NO7. The molecule has 1 aromatic rings. The molecule has 2 heterocycles. The standard InChI is InChI=1S/C22H31NO7/c1-21(2)27-14-18(29-21)11-23(20(25)16-8-6-5-7-9-16)10-17(24)12-26-13-19-15-28-22(3,4)30-19/h5-9,18-19H,10-15H2,1-4H3/t18-,19-/m0/s1. The lowest BCUT2D eigenvalue weighted by Crippen LogP contribution is -2.43. The summed E-state index contributed by atoms with van der Waals surface area (Å²) < 4.78 is 28.1. The largest absolute Gasteiger partial charge is 0.371 e. The zero-order valence-corrected chi connectivity index (χ0v) is 18.1. The van der Waals surface area contributed by atoms with Gasteiger partial charge < -0.3 is 28.6 Å². The summed E-state index contributed by atoms with van der Waals surface area (Å²) >= 11 is 0. The van der Waals surface area contributed by atoms with Crippen LogP contribution in [-0.4, -0.2) is 79.9 Å². The fraction of sp³-hybridized carbons (Fsp3) is 0.636. The Kier molecular flexibility index (Phi) is 7.26. The van der Waals surface area contributed by atoms with Gasteiger partial charge in [-0.1, -0.05) is 18.2 Å². The third-order valence-corrected chi connectivity index (χ3v) is 4.80. The molecular weight excluding hydrogens is 390 g/mol. The van der Waals surface area contributed by atoms with Crippen LogP contribution in [0.1, 0.15) is 38.1 Å². The maximum absolute atomic E-state index is 13.0. The first-order valence-corrected chi connectivity index (χ1v) is 10.2. The van der Waals surface area contributed by atoms with Crippen molar-refractivity contribution < 1.29 is 33.3 Å². The van der Waals surface area contributed by atoms with Crippen LogP contribution < -0.4 is 0 Å². The van der Waals surface area contributed by atoms with E-state index < -0.39 is 11.6 Å². The van der Waals surface area contributed by atoms with E-state index in [1.54, 1.807) is 24.3 Å². The molecule has 0 unspecified atom stereocenters. The van der Waals surface area contributed by atoms with E-state index in [0.29, 0.717) is 18.8 Å². The van der Waals surface area contributed by atoms with Crippen LogP contribution in [0.2, 0.25) is 0 Å². The second-order valence-corrected chi connectivity index (χ2v) is 8.51. The SMILES string of the molecule is CC1(C)OC[C@H](CN(CC(=O)COC[C@H]2COC(C)(C)O2)C(=O)c2ccccc2)O1. The van der Waals surface area contributed by atoms with Crippen LogP contribution in [0.4, 0.5) is 0 Å². The van der Waals surface area contributed by atoms with Crippen LogP contribution in [0.5, 0.6) is 0 Å². The Hall–Kier alpha value is -1.84. The van der Waals surface area contributed by atoms with E-state index in [1.807, 2.05) is 33.8 Å². The highest BCUT2D eigenvalue weighted by molar-refractivity contribution is 5.97. The topological polar surface area (TPSA) is 83.5 Å². The number of ketones is 1.